The SMILES string of the molecule is Cc1ccc(S(=O)(=O)N(CC(N)=O)CC(=O)O)c(Br)c1. The molecule has 1 amide bonds. The third-order valence-electron chi connectivity index (χ3n) is 2.35. The van der Waals surface area contributed by atoms with Crippen molar-refractivity contribution in [2.75, 3.05) is 13.1 Å². The number of carbonyl (C=O) groups excluding carboxylic acids is 1. The molecule has 0 saturated heterocycles. The zero-order valence-corrected chi connectivity index (χ0v) is 12.9. The number of carboxylic acids is 1. The minimum atomic E-state index is -4.13. The molecule has 7 nitrogen and oxygen atoms in total. The summed E-state index contributed by atoms with van der Waals surface area (Å²) in [6.45, 7) is 0.236. The fraction of sp³-hybridized carbons (Fsp3) is 0.273. The molecule has 0 aliphatic carbocycles. The summed E-state index contributed by atoms with van der Waals surface area (Å²) in [6, 6.07) is 4.49. The molecule has 9 heteroatoms. The van der Waals surface area contributed by atoms with E-state index >= 15 is 0 Å². The number of sulfonamides is 1. The average molecular weight is 365 g/mol. The van der Waals surface area contributed by atoms with E-state index < -0.39 is 35.0 Å². The lowest BCUT2D eigenvalue weighted by atomic mass is 10.2. The molecule has 1 rings (SSSR count). The molecule has 0 aliphatic rings. The molecule has 20 heavy (non-hydrogen) atoms. The Kier molecular flexibility index (Phi) is 5.26. The number of primary amides is 1. The van der Waals surface area contributed by atoms with Crippen LogP contribution in [0.25, 0.3) is 0 Å². The minimum absolute atomic E-state index is 0.120. The highest BCUT2D eigenvalue weighted by Crippen LogP contribution is 2.25. The number of hydrogen-bond donors (Lipinski definition) is 2. The molecular weight excluding hydrogens is 352 g/mol. The van der Waals surface area contributed by atoms with Crippen molar-refractivity contribution in [2.24, 2.45) is 5.73 Å². The second kappa shape index (κ2) is 6.33. The van der Waals surface area contributed by atoms with Gasteiger partial charge in [-0.05, 0) is 40.5 Å². The van der Waals surface area contributed by atoms with Gasteiger partial charge in [0.15, 0.2) is 0 Å². The highest BCUT2D eigenvalue weighted by molar-refractivity contribution is 9.10. The summed E-state index contributed by atoms with van der Waals surface area (Å²) in [6.07, 6.45) is 0. The van der Waals surface area contributed by atoms with Gasteiger partial charge in [-0.25, -0.2) is 8.42 Å². The van der Waals surface area contributed by atoms with Crippen LogP contribution in [0.3, 0.4) is 0 Å². The Hall–Kier alpha value is -1.45. The topological polar surface area (TPSA) is 118 Å². The first kappa shape index (κ1) is 16.6. The number of halogens is 1. The molecule has 3 N–H and O–H groups in total. The van der Waals surface area contributed by atoms with Gasteiger partial charge < -0.3 is 10.8 Å². The zero-order chi connectivity index (χ0) is 15.5. The summed E-state index contributed by atoms with van der Waals surface area (Å²) in [5.41, 5.74) is 5.79. The molecule has 1 aromatic carbocycles. The number of rotatable bonds is 6. The molecule has 0 saturated carbocycles. The second-order valence-electron chi connectivity index (χ2n) is 4.07. The molecule has 1 aromatic rings. The van der Waals surface area contributed by atoms with Gasteiger partial charge in [0.25, 0.3) is 0 Å². The quantitative estimate of drug-likeness (QED) is 0.753. The van der Waals surface area contributed by atoms with Crippen LogP contribution >= 0.6 is 15.9 Å². The number of carboxylic acid groups (broad SMARTS) is 1. The van der Waals surface area contributed by atoms with Gasteiger partial charge in [-0.1, -0.05) is 6.07 Å². The van der Waals surface area contributed by atoms with Gasteiger partial charge >= 0.3 is 5.97 Å². The normalized spacial score (nSPS) is 11.6. The average Bonchev–Trinajstić information content (AvgIpc) is 2.26. The van der Waals surface area contributed by atoms with Crippen LogP contribution in [0.5, 0.6) is 0 Å². The number of carbonyl (C=O) groups is 2. The van der Waals surface area contributed by atoms with Gasteiger partial charge in [-0.2, -0.15) is 4.31 Å². The van der Waals surface area contributed by atoms with E-state index in [4.69, 9.17) is 10.8 Å². The van der Waals surface area contributed by atoms with Crippen LogP contribution in [0.15, 0.2) is 27.6 Å². The molecule has 0 spiro atoms. The first-order chi connectivity index (χ1) is 9.14. The maximum Gasteiger partial charge on any atom is 0.318 e. The van der Waals surface area contributed by atoms with E-state index in [1.165, 1.54) is 6.07 Å². The molecule has 0 unspecified atom stereocenters. The maximum absolute atomic E-state index is 12.4. The van der Waals surface area contributed by atoms with Gasteiger partial charge in [-0.15, -0.1) is 0 Å². The van der Waals surface area contributed by atoms with E-state index in [9.17, 15) is 18.0 Å². The number of hydrogen-bond acceptors (Lipinski definition) is 4. The first-order valence-electron chi connectivity index (χ1n) is 5.41. The molecule has 0 fully saturated rings. The number of nitrogens with zero attached hydrogens (tertiary/aromatic N) is 1. The van der Waals surface area contributed by atoms with Crippen molar-refractivity contribution >= 4 is 37.8 Å². The van der Waals surface area contributed by atoms with Crippen molar-refractivity contribution in [3.8, 4) is 0 Å². The van der Waals surface area contributed by atoms with Crippen molar-refractivity contribution in [3.05, 3.63) is 28.2 Å². The highest BCUT2D eigenvalue weighted by Gasteiger charge is 2.29. The van der Waals surface area contributed by atoms with Crippen LogP contribution < -0.4 is 5.73 Å². The molecule has 0 atom stereocenters. The van der Waals surface area contributed by atoms with E-state index in [1.807, 2.05) is 0 Å². The Morgan fingerprint density at radius 2 is 1.95 bits per heavy atom. The Bertz CT molecular complexity index is 628. The van der Waals surface area contributed by atoms with Crippen molar-refractivity contribution in [3.63, 3.8) is 0 Å². The lowest BCUT2D eigenvalue weighted by Crippen LogP contribution is -2.41. The summed E-state index contributed by atoms with van der Waals surface area (Å²) in [5.74, 6) is -2.31. The van der Waals surface area contributed by atoms with Crippen molar-refractivity contribution < 1.29 is 23.1 Å². The van der Waals surface area contributed by atoms with Gasteiger partial charge in [0.1, 0.15) is 6.54 Å². The first-order valence-corrected chi connectivity index (χ1v) is 7.64. The predicted octanol–water partition coefficient (Wildman–Crippen LogP) is 0.318. The van der Waals surface area contributed by atoms with Crippen molar-refractivity contribution in [1.29, 1.82) is 0 Å². The Morgan fingerprint density at radius 1 is 1.35 bits per heavy atom. The third-order valence-corrected chi connectivity index (χ3v) is 5.12. The van der Waals surface area contributed by atoms with E-state index in [0.29, 0.717) is 4.31 Å². The number of benzene rings is 1. The van der Waals surface area contributed by atoms with Crippen LogP contribution in [0, 0.1) is 6.92 Å². The number of aliphatic carboxylic acids is 1. The highest BCUT2D eigenvalue weighted by atomic mass is 79.9. The third kappa shape index (κ3) is 4.02. The number of amides is 1. The van der Waals surface area contributed by atoms with Crippen molar-refractivity contribution in [2.45, 2.75) is 11.8 Å². The van der Waals surface area contributed by atoms with Crippen LogP contribution in [0.2, 0.25) is 0 Å². The lowest BCUT2D eigenvalue weighted by molar-refractivity contribution is -0.137. The minimum Gasteiger partial charge on any atom is -0.480 e. The maximum atomic E-state index is 12.4. The fourth-order valence-electron chi connectivity index (χ4n) is 1.50. The molecule has 110 valence electrons. The standard InChI is InChI=1S/C11H13BrN2O5S/c1-7-2-3-9(8(12)4-7)20(18,19)14(5-10(13)15)6-11(16)17/h2-4H,5-6H2,1H3,(H2,13,15)(H,16,17). The Morgan fingerprint density at radius 3 is 2.40 bits per heavy atom. The summed E-state index contributed by atoms with van der Waals surface area (Å²) in [5, 5.41) is 8.75. The van der Waals surface area contributed by atoms with Crippen molar-refractivity contribution in [1.82, 2.24) is 4.31 Å². The Labute approximate surface area is 124 Å². The van der Waals surface area contributed by atoms with Gasteiger partial charge in [0.05, 0.1) is 11.4 Å². The lowest BCUT2D eigenvalue weighted by Gasteiger charge is -2.19. The van der Waals surface area contributed by atoms with Crippen LogP contribution in [-0.4, -0.2) is 42.8 Å². The van der Waals surface area contributed by atoms with E-state index in [0.717, 1.165) is 5.56 Å². The molecular formula is C11H13BrN2O5S. The van der Waals surface area contributed by atoms with E-state index in [2.05, 4.69) is 15.9 Å². The van der Waals surface area contributed by atoms with E-state index in [-0.39, 0.29) is 9.37 Å². The van der Waals surface area contributed by atoms with Crippen LogP contribution in [-0.2, 0) is 19.6 Å². The molecule has 0 aliphatic heterocycles. The van der Waals surface area contributed by atoms with E-state index in [1.54, 1.807) is 19.1 Å². The number of nitrogens with two attached hydrogens (primary N) is 1. The molecule has 0 heterocycles. The second-order valence-corrected chi connectivity index (χ2v) is 6.83. The smallest absolute Gasteiger partial charge is 0.318 e. The summed E-state index contributed by atoms with van der Waals surface area (Å²) < 4.78 is 25.5. The fourth-order valence-corrected chi connectivity index (χ4v) is 4.01. The predicted molar refractivity (Wildman–Crippen MR) is 74.5 cm³/mol. The summed E-state index contributed by atoms with van der Waals surface area (Å²) in [7, 11) is -4.13. The molecule has 0 bridgehead atoms. The summed E-state index contributed by atoms with van der Waals surface area (Å²) in [4.78, 5) is 21.5. The summed E-state index contributed by atoms with van der Waals surface area (Å²) >= 11 is 3.11. The zero-order valence-electron chi connectivity index (χ0n) is 10.5. The largest absolute Gasteiger partial charge is 0.480 e. The van der Waals surface area contributed by atoms with Crippen LogP contribution in [0.1, 0.15) is 5.56 Å². The molecule has 0 aromatic heterocycles. The van der Waals surface area contributed by atoms with Gasteiger partial charge in [-0.3, -0.25) is 9.59 Å². The monoisotopic (exact) mass is 364 g/mol. The number of aryl methyl sites for hydroxylation is 1. The van der Waals surface area contributed by atoms with Gasteiger partial charge in [0.2, 0.25) is 15.9 Å². The van der Waals surface area contributed by atoms with Crippen LogP contribution in [0.4, 0.5) is 0 Å². The molecule has 0 radical (unpaired) electrons. The van der Waals surface area contributed by atoms with Gasteiger partial charge in [0, 0.05) is 4.47 Å². The Balaban J connectivity index is 3.28.